The largest absolute Gasteiger partial charge is 0.445 e. The third-order valence-electron chi connectivity index (χ3n) is 6.18. The Kier molecular flexibility index (Phi) is 5.40. The number of nitrogens with zero attached hydrogens (tertiary/aromatic N) is 4. The number of piperidine rings is 1. The molecule has 2 aliphatic heterocycles. The standard InChI is InChI=1S/C22H19Cl2FN4O2/c23-20-17(25)19-16(10-26-20)18(27-21(24)28-19)13-8-14-6-7-15(9-13)29(14)22(30)31-11-12-4-2-1-3-5-12/h1-5,10,13-15H,6-9,11H2/t13?,14-,15+. The number of ether oxygens (including phenoxy) is 1. The number of hydrogen-bond acceptors (Lipinski definition) is 5. The number of benzene rings is 1. The molecular weight excluding hydrogens is 442 g/mol. The molecule has 2 bridgehead atoms. The number of hydrogen-bond donors (Lipinski definition) is 0. The summed E-state index contributed by atoms with van der Waals surface area (Å²) in [6.45, 7) is 0.247. The van der Waals surface area contributed by atoms with Gasteiger partial charge in [-0.15, -0.1) is 0 Å². The molecule has 3 aromatic rings. The maximum Gasteiger partial charge on any atom is 0.410 e. The lowest BCUT2D eigenvalue weighted by atomic mass is 9.87. The first-order valence-corrected chi connectivity index (χ1v) is 10.9. The van der Waals surface area contributed by atoms with Crippen molar-refractivity contribution in [3.05, 3.63) is 64.0 Å². The molecule has 9 heteroatoms. The Morgan fingerprint density at radius 1 is 1.13 bits per heavy atom. The fourth-order valence-electron chi connectivity index (χ4n) is 4.83. The van der Waals surface area contributed by atoms with Crippen LogP contribution < -0.4 is 0 Å². The molecule has 2 aromatic heterocycles. The highest BCUT2D eigenvalue weighted by atomic mass is 35.5. The Labute approximate surface area is 188 Å². The minimum absolute atomic E-state index is 0.0149. The van der Waals surface area contributed by atoms with Crippen molar-refractivity contribution in [3.8, 4) is 0 Å². The Morgan fingerprint density at radius 3 is 2.55 bits per heavy atom. The zero-order chi connectivity index (χ0) is 21.5. The van der Waals surface area contributed by atoms with E-state index in [2.05, 4.69) is 15.0 Å². The van der Waals surface area contributed by atoms with E-state index in [1.54, 1.807) is 0 Å². The lowest BCUT2D eigenvalue weighted by Gasteiger charge is -2.38. The summed E-state index contributed by atoms with van der Waals surface area (Å²) in [7, 11) is 0. The van der Waals surface area contributed by atoms with Gasteiger partial charge in [-0.05, 0) is 42.8 Å². The molecule has 5 rings (SSSR count). The van der Waals surface area contributed by atoms with Crippen LogP contribution in [0.1, 0.15) is 42.9 Å². The molecule has 160 valence electrons. The highest BCUT2D eigenvalue weighted by Gasteiger charge is 2.45. The van der Waals surface area contributed by atoms with Crippen LogP contribution in [0, 0.1) is 5.82 Å². The third-order valence-corrected chi connectivity index (χ3v) is 6.61. The van der Waals surface area contributed by atoms with Crippen LogP contribution in [0.3, 0.4) is 0 Å². The number of fused-ring (bicyclic) bond motifs is 3. The van der Waals surface area contributed by atoms with Crippen molar-refractivity contribution in [2.45, 2.75) is 50.3 Å². The van der Waals surface area contributed by atoms with Gasteiger partial charge in [0, 0.05) is 29.6 Å². The van der Waals surface area contributed by atoms with E-state index < -0.39 is 5.82 Å². The molecule has 0 spiro atoms. The van der Waals surface area contributed by atoms with Crippen LogP contribution in [0.4, 0.5) is 9.18 Å². The molecule has 2 aliphatic rings. The minimum Gasteiger partial charge on any atom is -0.445 e. The molecule has 31 heavy (non-hydrogen) atoms. The van der Waals surface area contributed by atoms with Gasteiger partial charge in [0.05, 0.1) is 5.69 Å². The minimum atomic E-state index is -0.699. The van der Waals surface area contributed by atoms with E-state index in [9.17, 15) is 9.18 Å². The van der Waals surface area contributed by atoms with Crippen molar-refractivity contribution < 1.29 is 13.9 Å². The highest BCUT2D eigenvalue weighted by Crippen LogP contribution is 2.44. The predicted octanol–water partition coefficient (Wildman–Crippen LogP) is 5.52. The molecule has 0 N–H and O–H groups in total. The summed E-state index contributed by atoms with van der Waals surface area (Å²) in [5, 5.41) is 0.237. The van der Waals surface area contributed by atoms with Crippen LogP contribution in [0.5, 0.6) is 0 Å². The maximum absolute atomic E-state index is 14.5. The highest BCUT2D eigenvalue weighted by molar-refractivity contribution is 6.30. The Morgan fingerprint density at radius 2 is 1.84 bits per heavy atom. The molecule has 6 nitrogen and oxygen atoms in total. The van der Waals surface area contributed by atoms with Gasteiger partial charge in [0.15, 0.2) is 11.0 Å². The normalized spacial score (nSPS) is 22.7. The van der Waals surface area contributed by atoms with Gasteiger partial charge in [-0.1, -0.05) is 41.9 Å². The lowest BCUT2D eigenvalue weighted by molar-refractivity contribution is 0.0606. The van der Waals surface area contributed by atoms with Crippen LogP contribution in [-0.2, 0) is 11.3 Å². The van der Waals surface area contributed by atoms with E-state index in [1.165, 1.54) is 6.20 Å². The summed E-state index contributed by atoms with van der Waals surface area (Å²) in [5.41, 5.74) is 1.69. The van der Waals surface area contributed by atoms with E-state index in [0.29, 0.717) is 23.9 Å². The van der Waals surface area contributed by atoms with Crippen molar-refractivity contribution in [3.63, 3.8) is 0 Å². The fourth-order valence-corrected chi connectivity index (χ4v) is 5.15. The number of aromatic nitrogens is 3. The lowest BCUT2D eigenvalue weighted by Crippen LogP contribution is -2.46. The summed E-state index contributed by atoms with van der Waals surface area (Å²) < 4.78 is 20.0. The number of amides is 1. The Bertz CT molecular complexity index is 1130. The number of rotatable bonds is 3. The van der Waals surface area contributed by atoms with Crippen molar-refractivity contribution in [2.75, 3.05) is 0 Å². The first-order valence-electron chi connectivity index (χ1n) is 10.2. The molecule has 1 amide bonds. The van der Waals surface area contributed by atoms with E-state index in [4.69, 9.17) is 27.9 Å². The average Bonchev–Trinajstić information content (AvgIpc) is 3.04. The molecule has 0 aliphatic carbocycles. The third kappa shape index (κ3) is 3.81. The van der Waals surface area contributed by atoms with Crippen molar-refractivity contribution in [1.82, 2.24) is 19.9 Å². The van der Waals surface area contributed by atoms with E-state index in [-0.39, 0.29) is 46.7 Å². The molecule has 2 saturated heterocycles. The van der Waals surface area contributed by atoms with Gasteiger partial charge in [0.25, 0.3) is 0 Å². The van der Waals surface area contributed by atoms with Crippen LogP contribution in [0.2, 0.25) is 10.4 Å². The van der Waals surface area contributed by atoms with Gasteiger partial charge in [0.2, 0.25) is 5.28 Å². The molecule has 1 aromatic carbocycles. The quantitative estimate of drug-likeness (QED) is 0.380. The van der Waals surface area contributed by atoms with Crippen molar-refractivity contribution in [2.24, 2.45) is 0 Å². The second-order valence-electron chi connectivity index (χ2n) is 8.00. The van der Waals surface area contributed by atoms with Crippen molar-refractivity contribution in [1.29, 1.82) is 0 Å². The fraction of sp³-hybridized carbons (Fsp3) is 0.364. The molecular formula is C22H19Cl2FN4O2. The number of carbonyl (C=O) groups excluding carboxylic acids is 1. The summed E-state index contributed by atoms with van der Waals surface area (Å²) in [5.74, 6) is -0.685. The second kappa shape index (κ2) is 8.20. The van der Waals surface area contributed by atoms with E-state index >= 15 is 0 Å². The van der Waals surface area contributed by atoms with Crippen molar-refractivity contribution >= 4 is 40.2 Å². The molecule has 1 unspecified atom stereocenters. The smallest absolute Gasteiger partial charge is 0.410 e. The molecule has 4 heterocycles. The van der Waals surface area contributed by atoms with Gasteiger partial charge in [-0.25, -0.2) is 24.1 Å². The zero-order valence-corrected chi connectivity index (χ0v) is 18.0. The number of carbonyl (C=O) groups is 1. The molecule has 2 fully saturated rings. The zero-order valence-electron chi connectivity index (χ0n) is 16.5. The van der Waals surface area contributed by atoms with E-state index in [0.717, 1.165) is 18.4 Å². The topological polar surface area (TPSA) is 68.2 Å². The predicted molar refractivity (Wildman–Crippen MR) is 115 cm³/mol. The molecule has 0 saturated carbocycles. The Balaban J connectivity index is 1.37. The summed E-state index contributed by atoms with van der Waals surface area (Å²) in [6.07, 6.45) is 4.40. The number of pyridine rings is 1. The van der Waals surface area contributed by atoms with Gasteiger partial charge in [0.1, 0.15) is 12.1 Å². The van der Waals surface area contributed by atoms with Crippen LogP contribution in [-0.4, -0.2) is 38.0 Å². The molecule has 3 atom stereocenters. The second-order valence-corrected chi connectivity index (χ2v) is 8.70. The van der Waals surface area contributed by atoms with Gasteiger partial charge < -0.3 is 9.64 Å². The number of halogens is 3. The summed E-state index contributed by atoms with van der Waals surface area (Å²) in [6, 6.07) is 9.70. The van der Waals surface area contributed by atoms with Gasteiger partial charge >= 0.3 is 6.09 Å². The van der Waals surface area contributed by atoms with Gasteiger partial charge in [-0.3, -0.25) is 0 Å². The molecule has 0 radical (unpaired) electrons. The summed E-state index contributed by atoms with van der Waals surface area (Å²) in [4.78, 5) is 27.0. The monoisotopic (exact) mass is 460 g/mol. The van der Waals surface area contributed by atoms with Crippen LogP contribution >= 0.6 is 23.2 Å². The first kappa shape index (κ1) is 20.4. The first-order chi connectivity index (χ1) is 15.0. The van der Waals surface area contributed by atoms with Gasteiger partial charge in [-0.2, -0.15) is 0 Å². The Hall–Kier alpha value is -2.51. The van der Waals surface area contributed by atoms with E-state index in [1.807, 2.05) is 35.2 Å². The average molecular weight is 461 g/mol. The summed E-state index contributed by atoms with van der Waals surface area (Å²) >= 11 is 11.9. The SMILES string of the molecule is O=C(OCc1ccccc1)N1[C@@H]2CC[C@H]1CC(c1nc(Cl)nc3c(F)c(Cl)ncc13)C2. The maximum atomic E-state index is 14.5. The van der Waals surface area contributed by atoms with Crippen LogP contribution in [0.15, 0.2) is 36.5 Å². The van der Waals surface area contributed by atoms with Crippen LogP contribution in [0.25, 0.3) is 10.9 Å².